The molecule has 12 nitrogen and oxygen atoms in total. The molecule has 3 heterocycles. The van der Waals surface area contributed by atoms with Crippen molar-refractivity contribution >= 4 is 44.8 Å². The molecular formula is C36H45ClN6O6S. The van der Waals surface area contributed by atoms with Gasteiger partial charge in [-0.15, -0.1) is 4.36 Å². The number of carbonyl (C=O) groups excluding carboxylic acids is 2. The number of carbonyl (C=O) groups is 2. The standard InChI is InChI=1S/C36H45ClN6O6S/c1-36(2)34(44)40-50(46,41-35(45)39-28-20-38-42(3)22-28)29-13-15-33-31(19-29)43(21-25-11-14-30(25)32(47-4)9-7-17-49-36)16-6-5-8-24-18-27(37)12-10-26(24)23-48-33/h7,9-10,12-13,15,18-20,22,25,30,32H,5-6,8,11,14,16-17,21,23H2,1-4H3,(H2,39,40,41,44,45,46)/b9-7+/t25-,30+,32-,50+/m0/s1. The summed E-state index contributed by atoms with van der Waals surface area (Å²) in [5, 5.41) is 7.40. The average Bonchev–Trinajstić information content (AvgIpc) is 3.46. The number of hydrogen-bond acceptors (Lipinski definition) is 8. The molecule has 0 unspecified atom stereocenters. The highest BCUT2D eigenvalue weighted by atomic mass is 35.5. The minimum absolute atomic E-state index is 0.111. The van der Waals surface area contributed by atoms with Crippen LogP contribution in [0.4, 0.5) is 16.2 Å². The van der Waals surface area contributed by atoms with Gasteiger partial charge in [-0.25, -0.2) is 13.7 Å². The Balaban J connectivity index is 1.46. The maximum Gasteiger partial charge on any atom is 0.332 e. The Labute approximate surface area is 298 Å². The monoisotopic (exact) mass is 724 g/mol. The van der Waals surface area contributed by atoms with Crippen molar-refractivity contribution in [2.45, 2.75) is 69.2 Å². The van der Waals surface area contributed by atoms with Crippen LogP contribution in [-0.2, 0) is 44.3 Å². The Bertz CT molecular complexity index is 1890. The summed E-state index contributed by atoms with van der Waals surface area (Å²) in [5.41, 5.74) is 1.84. The number of nitrogens with one attached hydrogen (secondary N) is 2. The quantitative estimate of drug-likeness (QED) is 0.301. The summed E-state index contributed by atoms with van der Waals surface area (Å²) < 4.78 is 41.6. The van der Waals surface area contributed by atoms with Crippen LogP contribution in [0.3, 0.4) is 0 Å². The molecule has 4 atom stereocenters. The van der Waals surface area contributed by atoms with Crippen LogP contribution in [-0.4, -0.2) is 64.4 Å². The number of halogens is 1. The van der Waals surface area contributed by atoms with Gasteiger partial charge in [0, 0.05) is 38.5 Å². The zero-order valence-electron chi connectivity index (χ0n) is 28.9. The molecule has 1 aromatic heterocycles. The second kappa shape index (κ2) is 15.1. The van der Waals surface area contributed by atoms with Gasteiger partial charge in [0.15, 0.2) is 9.92 Å². The first-order valence-electron chi connectivity index (χ1n) is 17.0. The van der Waals surface area contributed by atoms with E-state index in [9.17, 15) is 13.8 Å². The lowest BCUT2D eigenvalue weighted by Crippen LogP contribution is -2.44. The number of fused-ring (bicyclic) bond motifs is 3. The third kappa shape index (κ3) is 8.17. The van der Waals surface area contributed by atoms with E-state index in [1.54, 1.807) is 52.4 Å². The zero-order valence-corrected chi connectivity index (χ0v) is 30.5. The molecule has 1 saturated carbocycles. The molecule has 2 N–H and O–H groups in total. The molecular weight excluding hydrogens is 680 g/mol. The summed E-state index contributed by atoms with van der Waals surface area (Å²) in [7, 11) is -0.470. The normalized spacial score (nSPS) is 26.1. The molecule has 14 heteroatoms. The molecule has 2 aliphatic heterocycles. The summed E-state index contributed by atoms with van der Waals surface area (Å²) in [6, 6.07) is 10.1. The van der Waals surface area contributed by atoms with E-state index in [0.717, 1.165) is 43.2 Å². The lowest BCUT2D eigenvalue weighted by molar-refractivity contribution is -0.137. The van der Waals surface area contributed by atoms with Crippen LogP contribution in [0.1, 0.15) is 50.7 Å². The van der Waals surface area contributed by atoms with E-state index in [2.05, 4.69) is 24.4 Å². The van der Waals surface area contributed by atoms with Crippen molar-refractivity contribution in [1.29, 1.82) is 0 Å². The predicted molar refractivity (Wildman–Crippen MR) is 193 cm³/mol. The number of nitrogens with zero attached hydrogens (tertiary/aromatic N) is 4. The van der Waals surface area contributed by atoms with Gasteiger partial charge in [0.1, 0.15) is 18.0 Å². The van der Waals surface area contributed by atoms with Crippen LogP contribution in [0, 0.1) is 11.8 Å². The first kappa shape index (κ1) is 35.9. The lowest BCUT2D eigenvalue weighted by atomic mass is 9.70. The number of amides is 3. The SMILES string of the molecule is CO[C@H]1/C=C/COC(C)(C)C(=O)N=[S@@](=O)(NC(=O)Nc2cnn(C)c2)c2ccc3c(c2)N(CCCCc2cc(Cl)ccc2CO3)C[C@@H]2CC[C@H]21. The topological polar surface area (TPSA) is 136 Å². The van der Waals surface area contributed by atoms with Crippen molar-refractivity contribution in [1.82, 2.24) is 14.5 Å². The van der Waals surface area contributed by atoms with E-state index in [-0.39, 0.29) is 23.5 Å². The van der Waals surface area contributed by atoms with Gasteiger partial charge in [0.05, 0.1) is 35.2 Å². The van der Waals surface area contributed by atoms with Gasteiger partial charge in [-0.1, -0.05) is 29.8 Å². The Kier molecular flexibility index (Phi) is 10.9. The van der Waals surface area contributed by atoms with E-state index in [0.29, 0.717) is 47.8 Å². The molecule has 3 amide bonds. The molecule has 2 aromatic carbocycles. The summed E-state index contributed by atoms with van der Waals surface area (Å²) in [4.78, 5) is 29.5. The van der Waals surface area contributed by atoms with Crippen molar-refractivity contribution in [2.75, 3.05) is 37.0 Å². The molecule has 6 rings (SSSR count). The van der Waals surface area contributed by atoms with Crippen LogP contribution in [0.2, 0.25) is 5.02 Å². The number of anilines is 2. The third-order valence-electron chi connectivity index (χ3n) is 9.68. The summed E-state index contributed by atoms with van der Waals surface area (Å²) in [6.07, 6.45) is 11.5. The first-order chi connectivity index (χ1) is 23.9. The maximum absolute atomic E-state index is 14.9. The zero-order chi connectivity index (χ0) is 35.5. The number of methoxy groups -OCH3 is 1. The average molecular weight is 725 g/mol. The van der Waals surface area contributed by atoms with Gasteiger partial charge < -0.3 is 24.4 Å². The Morgan fingerprint density at radius 1 is 1.14 bits per heavy atom. The summed E-state index contributed by atoms with van der Waals surface area (Å²) >= 11 is 6.37. The van der Waals surface area contributed by atoms with E-state index in [1.807, 2.05) is 30.4 Å². The first-order valence-corrected chi connectivity index (χ1v) is 18.8. The van der Waals surface area contributed by atoms with E-state index in [1.165, 1.54) is 10.9 Å². The molecule has 1 aliphatic carbocycles. The number of hydrogen-bond donors (Lipinski definition) is 2. The van der Waals surface area contributed by atoms with Crippen molar-refractivity contribution in [3.63, 3.8) is 0 Å². The van der Waals surface area contributed by atoms with Crippen LogP contribution in [0.25, 0.3) is 0 Å². The van der Waals surface area contributed by atoms with Gasteiger partial charge in [-0.05, 0) is 99.2 Å². The molecule has 0 saturated heterocycles. The van der Waals surface area contributed by atoms with Gasteiger partial charge >= 0.3 is 6.03 Å². The number of ether oxygens (including phenoxy) is 3. The lowest BCUT2D eigenvalue weighted by Gasteiger charge is -2.43. The van der Waals surface area contributed by atoms with Crippen LogP contribution >= 0.6 is 11.6 Å². The predicted octanol–water partition coefficient (Wildman–Crippen LogP) is 6.29. The molecule has 3 aliphatic rings. The fourth-order valence-corrected chi connectivity index (χ4v) is 8.40. The molecule has 3 aromatic rings. The summed E-state index contributed by atoms with van der Waals surface area (Å²) in [5.74, 6) is 0.416. The van der Waals surface area contributed by atoms with Crippen LogP contribution < -0.4 is 19.7 Å². The Morgan fingerprint density at radius 3 is 2.72 bits per heavy atom. The van der Waals surface area contributed by atoms with Crippen LogP contribution in [0.5, 0.6) is 5.75 Å². The number of rotatable bonds is 3. The Hall–Kier alpha value is -3.91. The fourth-order valence-electron chi connectivity index (χ4n) is 6.66. The highest BCUT2D eigenvalue weighted by Gasteiger charge is 2.38. The fraction of sp³-hybridized carbons (Fsp3) is 0.472. The maximum atomic E-state index is 14.9. The van der Waals surface area contributed by atoms with Crippen molar-refractivity contribution in [3.05, 3.63) is 77.1 Å². The van der Waals surface area contributed by atoms with E-state index >= 15 is 0 Å². The van der Waals surface area contributed by atoms with E-state index in [4.69, 9.17) is 25.8 Å². The second-order valence-corrected chi connectivity index (χ2v) is 15.9. The van der Waals surface area contributed by atoms with Crippen molar-refractivity contribution < 1.29 is 28.0 Å². The second-order valence-electron chi connectivity index (χ2n) is 13.6. The number of benzene rings is 2. The summed E-state index contributed by atoms with van der Waals surface area (Å²) in [6.45, 7) is 4.99. The molecule has 50 heavy (non-hydrogen) atoms. The van der Waals surface area contributed by atoms with E-state index < -0.39 is 27.5 Å². The number of urea groups is 1. The molecule has 0 spiro atoms. The molecule has 0 radical (unpaired) electrons. The van der Waals surface area contributed by atoms with Crippen molar-refractivity contribution in [3.8, 4) is 5.75 Å². The highest BCUT2D eigenvalue weighted by molar-refractivity contribution is 7.92. The van der Waals surface area contributed by atoms with Gasteiger partial charge in [0.25, 0.3) is 5.91 Å². The van der Waals surface area contributed by atoms with Crippen molar-refractivity contribution in [2.24, 2.45) is 23.2 Å². The number of aromatic nitrogens is 2. The minimum Gasteiger partial charge on any atom is -0.487 e. The smallest absolute Gasteiger partial charge is 0.332 e. The van der Waals surface area contributed by atoms with Crippen LogP contribution in [0.15, 0.2) is 70.2 Å². The van der Waals surface area contributed by atoms with Gasteiger partial charge in [-0.3, -0.25) is 9.48 Å². The molecule has 268 valence electrons. The highest BCUT2D eigenvalue weighted by Crippen LogP contribution is 2.42. The van der Waals surface area contributed by atoms with Gasteiger partial charge in [-0.2, -0.15) is 5.10 Å². The molecule has 1 fully saturated rings. The molecule has 2 bridgehead atoms. The number of aryl methyl sites for hydroxylation is 2. The minimum atomic E-state index is -3.90. The Morgan fingerprint density at radius 2 is 1.98 bits per heavy atom. The van der Waals surface area contributed by atoms with Gasteiger partial charge in [0.2, 0.25) is 0 Å². The largest absolute Gasteiger partial charge is 0.487 e. The third-order valence-corrected chi connectivity index (χ3v) is 11.7.